The summed E-state index contributed by atoms with van der Waals surface area (Å²) in [4.78, 5) is 11.4. The lowest BCUT2D eigenvalue weighted by atomic mass is 9.81. The van der Waals surface area contributed by atoms with Gasteiger partial charge in [0.15, 0.2) is 0 Å². The summed E-state index contributed by atoms with van der Waals surface area (Å²) in [5.41, 5.74) is 4.73. The Morgan fingerprint density at radius 2 is 1.72 bits per heavy atom. The van der Waals surface area contributed by atoms with Crippen LogP contribution in [0.25, 0.3) is 11.1 Å². The van der Waals surface area contributed by atoms with Crippen molar-refractivity contribution in [1.29, 1.82) is 0 Å². The van der Waals surface area contributed by atoms with Gasteiger partial charge >= 0.3 is 5.97 Å². The predicted molar refractivity (Wildman–Crippen MR) is 154 cm³/mol. The maximum atomic E-state index is 15.1. The van der Waals surface area contributed by atoms with Gasteiger partial charge in [-0.25, -0.2) is 4.39 Å². The molecule has 0 spiro atoms. The number of hydrogen-bond donors (Lipinski definition) is 1. The molecule has 208 valence electrons. The molecule has 3 aromatic carbocycles. The molecule has 4 rings (SSSR count). The molecule has 0 unspecified atom stereocenters. The molecule has 0 radical (unpaired) electrons. The molecule has 0 heterocycles. The lowest BCUT2D eigenvalue weighted by molar-refractivity contribution is -0.137. The maximum Gasteiger partial charge on any atom is 0.303 e. The molecule has 4 nitrogen and oxygen atoms in total. The largest absolute Gasteiger partial charge is 0.497 e. The van der Waals surface area contributed by atoms with Gasteiger partial charge < -0.3 is 14.6 Å². The molecule has 1 atom stereocenters. The number of aliphatic carboxylic acids is 1. The van der Waals surface area contributed by atoms with E-state index in [2.05, 4.69) is 13.0 Å². The molecule has 0 amide bonds. The van der Waals surface area contributed by atoms with Gasteiger partial charge in [-0.1, -0.05) is 75.8 Å². The zero-order valence-corrected chi connectivity index (χ0v) is 23.3. The SMILES string of the molecule is CCC[C@@H](CC(=O)O)c1cccc(OCc2ccc(-c3cc(OC)ccc3F)c(C3CCCCCCC3)c2)c1. The lowest BCUT2D eigenvalue weighted by Gasteiger charge is -2.24. The Kier molecular flexibility index (Phi) is 10.4. The zero-order chi connectivity index (χ0) is 27.6. The number of carbonyl (C=O) groups is 1. The Morgan fingerprint density at radius 3 is 2.44 bits per heavy atom. The van der Waals surface area contributed by atoms with E-state index < -0.39 is 5.97 Å². The number of methoxy groups -OCH3 is 1. The molecule has 0 bridgehead atoms. The first-order chi connectivity index (χ1) is 19.0. The number of hydrogen-bond acceptors (Lipinski definition) is 3. The summed E-state index contributed by atoms with van der Waals surface area (Å²) < 4.78 is 26.7. The van der Waals surface area contributed by atoms with Crippen molar-refractivity contribution in [2.24, 2.45) is 0 Å². The minimum atomic E-state index is -0.783. The van der Waals surface area contributed by atoms with Gasteiger partial charge in [0.25, 0.3) is 0 Å². The first-order valence-electron chi connectivity index (χ1n) is 14.4. The molecule has 1 N–H and O–H groups in total. The van der Waals surface area contributed by atoms with E-state index >= 15 is 4.39 Å². The van der Waals surface area contributed by atoms with Crippen LogP contribution >= 0.6 is 0 Å². The van der Waals surface area contributed by atoms with Gasteiger partial charge in [0.1, 0.15) is 23.9 Å². The van der Waals surface area contributed by atoms with E-state index in [9.17, 15) is 9.90 Å². The minimum Gasteiger partial charge on any atom is -0.497 e. The molecule has 1 fully saturated rings. The van der Waals surface area contributed by atoms with Crippen LogP contribution in [0.15, 0.2) is 60.7 Å². The summed E-state index contributed by atoms with van der Waals surface area (Å²) in [5, 5.41) is 9.35. The van der Waals surface area contributed by atoms with E-state index in [0.29, 0.717) is 23.8 Å². The van der Waals surface area contributed by atoms with Gasteiger partial charge in [-0.05, 0) is 83.7 Å². The highest BCUT2D eigenvalue weighted by Gasteiger charge is 2.21. The first-order valence-corrected chi connectivity index (χ1v) is 14.4. The van der Waals surface area contributed by atoms with Gasteiger partial charge in [-0.2, -0.15) is 0 Å². The molecule has 1 aliphatic rings. The van der Waals surface area contributed by atoms with E-state index in [0.717, 1.165) is 48.1 Å². The zero-order valence-electron chi connectivity index (χ0n) is 23.3. The van der Waals surface area contributed by atoms with E-state index in [4.69, 9.17) is 9.47 Å². The normalized spacial score (nSPS) is 15.3. The van der Waals surface area contributed by atoms with E-state index in [1.165, 1.54) is 43.7 Å². The van der Waals surface area contributed by atoms with Crippen molar-refractivity contribution in [1.82, 2.24) is 0 Å². The van der Waals surface area contributed by atoms with Gasteiger partial charge in [-0.15, -0.1) is 0 Å². The lowest BCUT2D eigenvalue weighted by Crippen LogP contribution is -2.07. The van der Waals surface area contributed by atoms with Crippen molar-refractivity contribution in [3.63, 3.8) is 0 Å². The maximum absolute atomic E-state index is 15.1. The molecular formula is C34H41FO4. The topological polar surface area (TPSA) is 55.8 Å². The van der Waals surface area contributed by atoms with Crippen LogP contribution < -0.4 is 9.47 Å². The van der Waals surface area contributed by atoms with Gasteiger partial charge in [0.2, 0.25) is 0 Å². The van der Waals surface area contributed by atoms with Crippen LogP contribution in [0.4, 0.5) is 4.39 Å². The molecule has 0 aromatic heterocycles. The molecule has 5 heteroatoms. The minimum absolute atomic E-state index is 0.0287. The number of halogens is 1. The Morgan fingerprint density at radius 1 is 0.949 bits per heavy atom. The van der Waals surface area contributed by atoms with Gasteiger partial charge in [0, 0.05) is 5.56 Å². The smallest absolute Gasteiger partial charge is 0.303 e. The standard InChI is InChI=1S/C34H41FO4/c1-3-10-26(21-34(36)37)27-13-9-14-29(20-27)39-23-24-15-17-30(32-22-28(38-2)16-18-33(32)35)31(19-24)25-11-7-5-4-6-8-12-25/h9,13-20,22,25-26H,3-8,10-12,21,23H2,1-2H3,(H,36,37)/t26-/m0/s1. The number of carboxylic acids is 1. The number of rotatable bonds is 11. The van der Waals surface area contributed by atoms with Gasteiger partial charge in [-0.3, -0.25) is 4.79 Å². The summed E-state index contributed by atoms with van der Waals surface area (Å²) in [7, 11) is 1.61. The van der Waals surface area contributed by atoms with Crippen LogP contribution in [0.5, 0.6) is 11.5 Å². The second kappa shape index (κ2) is 14.2. The fraction of sp³-hybridized carbons (Fsp3) is 0.441. The summed E-state index contributed by atoms with van der Waals surface area (Å²) in [6.45, 7) is 2.46. The molecule has 0 aliphatic heterocycles. The van der Waals surface area contributed by atoms with Crippen LogP contribution in [0.1, 0.15) is 99.7 Å². The third-order valence-corrected chi connectivity index (χ3v) is 7.92. The highest BCUT2D eigenvalue weighted by atomic mass is 19.1. The predicted octanol–water partition coefficient (Wildman–Crippen LogP) is 9.27. The van der Waals surface area contributed by atoms with Crippen molar-refractivity contribution in [3.05, 3.63) is 83.2 Å². The molecule has 39 heavy (non-hydrogen) atoms. The molecule has 0 saturated heterocycles. The van der Waals surface area contributed by atoms with Crippen molar-refractivity contribution in [2.75, 3.05) is 7.11 Å². The summed E-state index contributed by atoms with van der Waals surface area (Å²) >= 11 is 0. The van der Waals surface area contributed by atoms with Crippen molar-refractivity contribution in [2.45, 2.75) is 89.6 Å². The fourth-order valence-corrected chi connectivity index (χ4v) is 5.86. The summed E-state index contributed by atoms with van der Waals surface area (Å²) in [6, 6.07) is 19.0. The highest BCUT2D eigenvalue weighted by Crippen LogP contribution is 2.39. The average Bonchev–Trinajstić information content (AvgIpc) is 2.92. The third kappa shape index (κ3) is 7.84. The summed E-state index contributed by atoms with van der Waals surface area (Å²) in [5.74, 6) is 0.695. The number of benzene rings is 3. The second-order valence-electron chi connectivity index (χ2n) is 10.8. The Hall–Kier alpha value is -3.34. The van der Waals surface area contributed by atoms with E-state index in [1.54, 1.807) is 19.2 Å². The highest BCUT2D eigenvalue weighted by molar-refractivity contribution is 5.71. The van der Waals surface area contributed by atoms with Crippen molar-refractivity contribution in [3.8, 4) is 22.6 Å². The average molecular weight is 533 g/mol. The number of carboxylic acid groups (broad SMARTS) is 1. The quantitative estimate of drug-likeness (QED) is 0.267. The third-order valence-electron chi connectivity index (χ3n) is 7.92. The van der Waals surface area contributed by atoms with Crippen LogP contribution in [0.2, 0.25) is 0 Å². The fourth-order valence-electron chi connectivity index (χ4n) is 5.86. The van der Waals surface area contributed by atoms with Gasteiger partial charge in [0.05, 0.1) is 13.5 Å². The van der Waals surface area contributed by atoms with Crippen LogP contribution in [-0.4, -0.2) is 18.2 Å². The monoisotopic (exact) mass is 532 g/mol. The first kappa shape index (κ1) is 28.7. The molecular weight excluding hydrogens is 491 g/mol. The molecule has 3 aromatic rings. The van der Waals surface area contributed by atoms with Crippen LogP contribution in [0.3, 0.4) is 0 Å². The Labute approximate surface area is 232 Å². The van der Waals surface area contributed by atoms with Crippen molar-refractivity contribution < 1.29 is 23.8 Å². The number of ether oxygens (including phenoxy) is 2. The Balaban J connectivity index is 1.61. The van der Waals surface area contributed by atoms with Crippen LogP contribution in [0, 0.1) is 5.82 Å². The van der Waals surface area contributed by atoms with E-state index in [-0.39, 0.29) is 18.2 Å². The molecule has 1 aliphatic carbocycles. The Bertz CT molecular complexity index is 1230. The van der Waals surface area contributed by atoms with Crippen LogP contribution in [-0.2, 0) is 11.4 Å². The van der Waals surface area contributed by atoms with E-state index in [1.807, 2.05) is 36.4 Å². The summed E-state index contributed by atoms with van der Waals surface area (Å²) in [6.07, 6.45) is 10.2. The molecule has 1 saturated carbocycles. The van der Waals surface area contributed by atoms with Crippen molar-refractivity contribution >= 4 is 5.97 Å². The second-order valence-corrected chi connectivity index (χ2v) is 10.8.